The van der Waals surface area contributed by atoms with Crippen LogP contribution in [0.3, 0.4) is 0 Å². The largest absolute Gasteiger partial charge is 0.481 e. The maximum Gasteiger partial charge on any atom is 0.310 e. The molecule has 0 bridgehead atoms. The van der Waals surface area contributed by atoms with Crippen LogP contribution in [-0.2, 0) is 9.59 Å². The second-order valence-corrected chi connectivity index (χ2v) is 4.82. The highest BCUT2D eigenvalue weighted by Crippen LogP contribution is 2.21. The Bertz CT molecular complexity index is 507. The van der Waals surface area contributed by atoms with Gasteiger partial charge in [0.05, 0.1) is 5.92 Å². The second-order valence-electron chi connectivity index (χ2n) is 3.96. The van der Waals surface area contributed by atoms with Gasteiger partial charge in [0.15, 0.2) is 5.13 Å². The van der Waals surface area contributed by atoms with E-state index in [0.29, 0.717) is 5.13 Å². The van der Waals surface area contributed by atoms with Crippen molar-refractivity contribution in [2.45, 2.75) is 6.92 Å². The van der Waals surface area contributed by atoms with Gasteiger partial charge in [-0.3, -0.25) is 14.4 Å². The van der Waals surface area contributed by atoms with Crippen LogP contribution < -0.4 is 5.32 Å². The number of rotatable bonds is 3. The van der Waals surface area contributed by atoms with Crippen LogP contribution in [0.4, 0.5) is 5.13 Å². The molecule has 1 aromatic heterocycles. The number of aromatic nitrogens is 1. The molecule has 0 atom stereocenters. The fraction of sp³-hybridized carbons (Fsp3) is 0.400. The number of carbonyl (C=O) groups excluding carboxylic acids is 2. The number of amides is 2. The van der Waals surface area contributed by atoms with Crippen molar-refractivity contribution in [1.29, 1.82) is 0 Å². The molecule has 0 aliphatic carbocycles. The zero-order valence-corrected chi connectivity index (χ0v) is 10.4. The fourth-order valence-electron chi connectivity index (χ4n) is 1.54. The van der Waals surface area contributed by atoms with Gasteiger partial charge in [-0.15, -0.1) is 11.3 Å². The number of likely N-dealkylation sites (tertiary alicyclic amines) is 1. The lowest BCUT2D eigenvalue weighted by atomic mass is 10.0. The quantitative estimate of drug-likeness (QED) is 0.819. The molecular weight excluding hydrogens is 258 g/mol. The molecule has 2 amide bonds. The van der Waals surface area contributed by atoms with Gasteiger partial charge in [0.25, 0.3) is 5.91 Å². The monoisotopic (exact) mass is 269 g/mol. The van der Waals surface area contributed by atoms with Crippen molar-refractivity contribution in [3.8, 4) is 0 Å². The van der Waals surface area contributed by atoms with Crippen molar-refractivity contribution in [1.82, 2.24) is 9.88 Å². The predicted molar refractivity (Wildman–Crippen MR) is 63.4 cm³/mol. The van der Waals surface area contributed by atoms with Crippen molar-refractivity contribution >= 4 is 34.3 Å². The van der Waals surface area contributed by atoms with Crippen LogP contribution in [0.1, 0.15) is 17.4 Å². The molecule has 1 aliphatic heterocycles. The summed E-state index contributed by atoms with van der Waals surface area (Å²) in [6, 6.07) is 0. The second kappa shape index (κ2) is 4.73. The Hall–Kier alpha value is -1.96. The Balaban J connectivity index is 1.96. The first-order valence-electron chi connectivity index (χ1n) is 5.22. The summed E-state index contributed by atoms with van der Waals surface area (Å²) in [4.78, 5) is 38.7. The van der Waals surface area contributed by atoms with Crippen molar-refractivity contribution in [2.24, 2.45) is 5.92 Å². The van der Waals surface area contributed by atoms with E-state index in [2.05, 4.69) is 10.3 Å². The van der Waals surface area contributed by atoms with Gasteiger partial charge in [-0.1, -0.05) is 0 Å². The average Bonchev–Trinajstić information content (AvgIpc) is 2.61. The lowest BCUT2D eigenvalue weighted by Crippen LogP contribution is -2.53. The van der Waals surface area contributed by atoms with Gasteiger partial charge in [-0.2, -0.15) is 0 Å². The molecule has 1 fully saturated rings. The zero-order valence-electron chi connectivity index (χ0n) is 9.54. The maximum atomic E-state index is 11.9. The third kappa shape index (κ3) is 2.48. The standard InChI is InChI=1S/C10H11N3O4S/c1-5(14)11-10-12-7(4-18-10)8(15)13-2-6(3-13)9(16)17/h4,6H,2-3H2,1H3,(H,16,17)(H,11,12,14). The number of carbonyl (C=O) groups is 3. The number of hydrogen-bond acceptors (Lipinski definition) is 5. The summed E-state index contributed by atoms with van der Waals surface area (Å²) in [5.74, 6) is -1.93. The third-order valence-corrected chi connectivity index (χ3v) is 3.28. The molecule has 0 radical (unpaired) electrons. The summed E-state index contributed by atoms with van der Waals surface area (Å²) in [5, 5.41) is 13.1. The summed E-state index contributed by atoms with van der Waals surface area (Å²) >= 11 is 1.16. The first-order chi connectivity index (χ1) is 8.47. The minimum Gasteiger partial charge on any atom is -0.481 e. The highest BCUT2D eigenvalue weighted by atomic mass is 32.1. The van der Waals surface area contributed by atoms with Crippen LogP contribution in [0.25, 0.3) is 0 Å². The molecular formula is C10H11N3O4S. The van der Waals surface area contributed by atoms with E-state index in [1.165, 1.54) is 11.8 Å². The molecule has 0 saturated carbocycles. The molecule has 7 nitrogen and oxygen atoms in total. The third-order valence-electron chi connectivity index (χ3n) is 2.52. The summed E-state index contributed by atoms with van der Waals surface area (Å²) in [5.41, 5.74) is 0.229. The number of aliphatic carboxylic acids is 1. The first kappa shape index (κ1) is 12.5. The van der Waals surface area contributed by atoms with Crippen molar-refractivity contribution in [3.05, 3.63) is 11.1 Å². The van der Waals surface area contributed by atoms with Crippen LogP contribution in [0.15, 0.2) is 5.38 Å². The molecule has 2 heterocycles. The lowest BCUT2D eigenvalue weighted by molar-refractivity contribution is -0.146. The molecule has 96 valence electrons. The Morgan fingerprint density at radius 1 is 1.50 bits per heavy atom. The Labute approximate surface area is 106 Å². The van der Waals surface area contributed by atoms with E-state index in [-0.39, 0.29) is 30.6 Å². The van der Waals surface area contributed by atoms with E-state index in [1.807, 2.05) is 0 Å². The molecule has 1 aromatic rings. The molecule has 8 heteroatoms. The van der Waals surface area contributed by atoms with E-state index in [4.69, 9.17) is 5.11 Å². The molecule has 18 heavy (non-hydrogen) atoms. The Morgan fingerprint density at radius 3 is 2.72 bits per heavy atom. The van der Waals surface area contributed by atoms with Crippen molar-refractivity contribution in [3.63, 3.8) is 0 Å². The summed E-state index contributed by atoms with van der Waals surface area (Å²) in [7, 11) is 0. The smallest absolute Gasteiger partial charge is 0.310 e. The van der Waals surface area contributed by atoms with E-state index < -0.39 is 11.9 Å². The van der Waals surface area contributed by atoms with Gasteiger partial charge in [0.1, 0.15) is 5.69 Å². The van der Waals surface area contributed by atoms with Gasteiger partial charge in [0.2, 0.25) is 5.91 Å². The normalized spacial score (nSPS) is 15.1. The van der Waals surface area contributed by atoms with Crippen molar-refractivity contribution < 1.29 is 19.5 Å². The highest BCUT2D eigenvalue weighted by Gasteiger charge is 2.36. The van der Waals surface area contributed by atoms with E-state index in [1.54, 1.807) is 5.38 Å². The van der Waals surface area contributed by atoms with Gasteiger partial charge in [-0.25, -0.2) is 4.98 Å². The van der Waals surface area contributed by atoms with Crippen LogP contribution in [-0.4, -0.2) is 45.9 Å². The predicted octanol–water partition coefficient (Wildman–Crippen LogP) is 0.258. The number of carboxylic acids is 1. The fourth-order valence-corrected chi connectivity index (χ4v) is 2.27. The number of nitrogens with zero attached hydrogens (tertiary/aromatic N) is 2. The number of hydrogen-bond donors (Lipinski definition) is 2. The highest BCUT2D eigenvalue weighted by molar-refractivity contribution is 7.14. The van der Waals surface area contributed by atoms with E-state index in [0.717, 1.165) is 11.3 Å². The van der Waals surface area contributed by atoms with Gasteiger partial charge in [-0.05, 0) is 0 Å². The van der Waals surface area contributed by atoms with Gasteiger partial charge >= 0.3 is 5.97 Å². The van der Waals surface area contributed by atoms with Gasteiger partial charge in [0, 0.05) is 25.4 Å². The average molecular weight is 269 g/mol. The maximum absolute atomic E-state index is 11.9. The topological polar surface area (TPSA) is 99.6 Å². The molecule has 2 rings (SSSR count). The number of nitrogens with one attached hydrogen (secondary N) is 1. The van der Waals surface area contributed by atoms with Crippen LogP contribution in [0, 0.1) is 5.92 Å². The molecule has 0 spiro atoms. The zero-order chi connectivity index (χ0) is 13.3. The van der Waals surface area contributed by atoms with Gasteiger partial charge < -0.3 is 15.3 Å². The molecule has 1 saturated heterocycles. The van der Waals surface area contributed by atoms with Crippen LogP contribution in [0.5, 0.6) is 0 Å². The molecule has 0 aromatic carbocycles. The molecule has 1 aliphatic rings. The Kier molecular flexibility index (Phi) is 3.28. The molecule has 0 unspecified atom stereocenters. The lowest BCUT2D eigenvalue weighted by Gasteiger charge is -2.36. The SMILES string of the molecule is CC(=O)Nc1nc(C(=O)N2CC(C(=O)O)C2)cs1. The van der Waals surface area contributed by atoms with E-state index >= 15 is 0 Å². The summed E-state index contributed by atoms with van der Waals surface area (Å²) in [6.45, 7) is 1.78. The van der Waals surface area contributed by atoms with Crippen LogP contribution >= 0.6 is 11.3 Å². The van der Waals surface area contributed by atoms with Crippen LogP contribution in [0.2, 0.25) is 0 Å². The number of anilines is 1. The number of carboxylic acid groups (broad SMARTS) is 1. The summed E-state index contributed by atoms with van der Waals surface area (Å²) in [6.07, 6.45) is 0. The molecule has 2 N–H and O–H groups in total. The van der Waals surface area contributed by atoms with E-state index in [9.17, 15) is 14.4 Å². The summed E-state index contributed by atoms with van der Waals surface area (Å²) < 4.78 is 0. The first-order valence-corrected chi connectivity index (χ1v) is 6.10. The number of thiazole rings is 1. The Morgan fingerprint density at radius 2 is 2.17 bits per heavy atom. The minimum atomic E-state index is -0.892. The minimum absolute atomic E-state index is 0.209. The van der Waals surface area contributed by atoms with Crippen molar-refractivity contribution in [2.75, 3.05) is 18.4 Å².